The number of rotatable bonds is 4. The zero-order chi connectivity index (χ0) is 36.6. The number of aliphatic hydroxyl groups excluding tert-OH is 2. The van der Waals surface area contributed by atoms with Gasteiger partial charge in [0.05, 0.1) is 12.2 Å². The Morgan fingerprint density at radius 3 is 2.64 bits per heavy atom. The Bertz CT molecular complexity index is 1810. The zero-order valence-corrected chi connectivity index (χ0v) is 33.3. The van der Waals surface area contributed by atoms with E-state index >= 15 is 0 Å². The summed E-state index contributed by atoms with van der Waals surface area (Å²) in [7, 11) is 0. The Hall–Kier alpha value is -2.16. The van der Waals surface area contributed by atoms with Gasteiger partial charge in [-0.2, -0.15) is 0 Å². The van der Waals surface area contributed by atoms with E-state index in [0.717, 1.165) is 32.1 Å². The number of nitrogens with one attached hydrogen (secondary N) is 2. The highest BCUT2D eigenvalue weighted by molar-refractivity contribution is 5.46. The topological polar surface area (TPSA) is 64.5 Å². The molecule has 1 aromatic carbocycles. The van der Waals surface area contributed by atoms with Gasteiger partial charge in [-0.05, 0) is 174 Å². The van der Waals surface area contributed by atoms with Gasteiger partial charge in [-0.25, -0.2) is 0 Å². The minimum absolute atomic E-state index is 0.0255. The standard InChI is InChI=1S/C49H66N2O2/c1-27(2)35-21-41-28(3)15-36-24-47(41,5)49(25-35)14-13-32-17-30-9-7-10-31(16-30)18-39-37(11-8-12-40(32)49)46(36)51-48(6)42(39)20-34-19-33-22-43(50-26-29(4)52)44(53)23-38(33)45(34)48/h7,9-10,15-16,29,32-35,37-40,42-46,50-53H,1,11,13-14,17-26H2,2-6H3/t29-,32-,33+,34+,35-,37-,38-,39+,40-,42-,43-,44-,45+,46+,47-,48+,49-/m0/s1. The number of piperidine rings is 1. The van der Waals surface area contributed by atoms with E-state index in [1.54, 1.807) is 22.3 Å². The van der Waals surface area contributed by atoms with Crippen LogP contribution < -0.4 is 10.6 Å². The van der Waals surface area contributed by atoms with Gasteiger partial charge in [0, 0.05) is 36.5 Å². The lowest BCUT2D eigenvalue weighted by molar-refractivity contribution is -0.0246. The molecule has 1 spiro atoms. The first kappa shape index (κ1) is 35.3. The Morgan fingerprint density at radius 2 is 1.85 bits per heavy atom. The van der Waals surface area contributed by atoms with E-state index in [2.05, 4.69) is 87.1 Å². The lowest BCUT2D eigenvalue weighted by atomic mass is 9.44. The minimum Gasteiger partial charge on any atom is -0.392 e. The molecule has 9 aliphatic rings. The Balaban J connectivity index is 1.11. The average molecular weight is 715 g/mol. The Labute approximate surface area is 320 Å². The molecule has 4 N–H and O–H groups in total. The summed E-state index contributed by atoms with van der Waals surface area (Å²) in [6, 6.07) is 10.3. The van der Waals surface area contributed by atoms with Crippen molar-refractivity contribution in [3.63, 3.8) is 0 Å². The van der Waals surface area contributed by atoms with Gasteiger partial charge in [0.15, 0.2) is 0 Å². The third-order valence-corrected chi connectivity index (χ3v) is 18.3. The molecule has 53 heavy (non-hydrogen) atoms. The van der Waals surface area contributed by atoms with Crippen LogP contribution in [0.15, 0.2) is 59.2 Å². The summed E-state index contributed by atoms with van der Waals surface area (Å²) < 4.78 is 0. The van der Waals surface area contributed by atoms with Crippen molar-refractivity contribution in [2.24, 2.45) is 70.0 Å². The smallest absolute Gasteiger partial charge is 0.0696 e. The maximum atomic E-state index is 11.6. The van der Waals surface area contributed by atoms with Gasteiger partial charge < -0.3 is 20.8 Å². The summed E-state index contributed by atoms with van der Waals surface area (Å²) in [5.74, 6) is 14.0. The van der Waals surface area contributed by atoms with Crippen molar-refractivity contribution in [1.82, 2.24) is 10.6 Å². The highest BCUT2D eigenvalue weighted by atomic mass is 16.3. The highest BCUT2D eigenvalue weighted by Gasteiger charge is 2.67. The summed E-state index contributed by atoms with van der Waals surface area (Å²) in [6.07, 6.45) is 15.9. The molecule has 284 valence electrons. The summed E-state index contributed by atoms with van der Waals surface area (Å²) >= 11 is 0. The fourth-order valence-corrected chi connectivity index (χ4v) is 16.2. The third-order valence-electron chi connectivity index (χ3n) is 18.3. The van der Waals surface area contributed by atoms with Crippen molar-refractivity contribution in [2.45, 2.75) is 141 Å². The summed E-state index contributed by atoms with van der Waals surface area (Å²) in [4.78, 5) is 0. The number of hydrogen-bond acceptors (Lipinski definition) is 4. The van der Waals surface area contributed by atoms with Gasteiger partial charge in [-0.15, -0.1) is 5.92 Å². The van der Waals surface area contributed by atoms with Gasteiger partial charge in [0.1, 0.15) is 0 Å². The van der Waals surface area contributed by atoms with Crippen molar-refractivity contribution in [1.29, 1.82) is 0 Å². The van der Waals surface area contributed by atoms with E-state index in [-0.39, 0.29) is 28.5 Å². The van der Waals surface area contributed by atoms with E-state index in [1.165, 1.54) is 56.1 Å². The molecule has 0 radical (unpaired) electrons. The van der Waals surface area contributed by atoms with E-state index in [0.29, 0.717) is 71.8 Å². The largest absolute Gasteiger partial charge is 0.392 e. The molecule has 1 heterocycles. The quantitative estimate of drug-likeness (QED) is 0.188. The molecule has 6 fully saturated rings. The molecular formula is C49H66N2O2. The van der Waals surface area contributed by atoms with Crippen LogP contribution >= 0.6 is 0 Å². The van der Waals surface area contributed by atoms with Crippen LogP contribution in [0.2, 0.25) is 0 Å². The first-order valence-corrected chi connectivity index (χ1v) is 21.9. The molecule has 17 atom stereocenters. The zero-order valence-electron chi connectivity index (χ0n) is 33.3. The molecule has 0 aromatic heterocycles. The van der Waals surface area contributed by atoms with E-state index in [9.17, 15) is 10.2 Å². The van der Waals surface area contributed by atoms with Crippen LogP contribution in [0.4, 0.5) is 0 Å². The van der Waals surface area contributed by atoms with Gasteiger partial charge in [0.25, 0.3) is 0 Å². The molecule has 1 aliphatic heterocycles. The monoisotopic (exact) mass is 715 g/mol. The molecule has 8 aliphatic carbocycles. The van der Waals surface area contributed by atoms with Crippen molar-refractivity contribution in [3.8, 4) is 11.8 Å². The molecule has 4 heteroatoms. The third kappa shape index (κ3) is 5.15. The molecule has 6 bridgehead atoms. The number of benzene rings is 1. The number of aliphatic hydroxyl groups is 2. The number of hydrogen-bond donors (Lipinski definition) is 4. The molecule has 1 saturated heterocycles. The predicted molar refractivity (Wildman–Crippen MR) is 214 cm³/mol. The molecule has 4 nitrogen and oxygen atoms in total. The van der Waals surface area contributed by atoms with Crippen LogP contribution in [0, 0.1) is 81.8 Å². The minimum atomic E-state index is -0.390. The lowest BCUT2D eigenvalue weighted by Crippen LogP contribution is -2.67. The van der Waals surface area contributed by atoms with Gasteiger partial charge >= 0.3 is 0 Å². The second kappa shape index (κ2) is 12.4. The van der Waals surface area contributed by atoms with Crippen LogP contribution in [0.5, 0.6) is 0 Å². The van der Waals surface area contributed by atoms with Crippen LogP contribution in [0.1, 0.15) is 110 Å². The number of allylic oxidation sites excluding steroid dienone is 4. The molecular weight excluding hydrogens is 649 g/mol. The van der Waals surface area contributed by atoms with Crippen molar-refractivity contribution < 1.29 is 10.2 Å². The normalized spacial score (nSPS) is 49.4. The fourth-order valence-electron chi connectivity index (χ4n) is 16.2. The Kier molecular flexibility index (Phi) is 8.26. The lowest BCUT2D eigenvalue weighted by Gasteiger charge is -2.61. The molecule has 0 amide bonds. The van der Waals surface area contributed by atoms with Crippen molar-refractivity contribution in [3.05, 3.63) is 70.3 Å². The van der Waals surface area contributed by atoms with Crippen molar-refractivity contribution in [2.75, 3.05) is 6.54 Å². The Morgan fingerprint density at radius 1 is 1.04 bits per heavy atom. The highest BCUT2D eigenvalue weighted by Crippen LogP contribution is 2.71. The summed E-state index contributed by atoms with van der Waals surface area (Å²) in [6.45, 7) is 17.1. The van der Waals surface area contributed by atoms with Crippen LogP contribution in [-0.2, 0) is 12.8 Å². The van der Waals surface area contributed by atoms with Crippen LogP contribution in [0.25, 0.3) is 0 Å². The predicted octanol–water partition coefficient (Wildman–Crippen LogP) is 8.19. The second-order valence-electron chi connectivity index (χ2n) is 20.9. The van der Waals surface area contributed by atoms with Gasteiger partial charge in [-0.1, -0.05) is 72.1 Å². The first-order valence-electron chi connectivity index (χ1n) is 21.9. The number of fused-ring (bicyclic) bond motifs is 11. The van der Waals surface area contributed by atoms with Crippen molar-refractivity contribution >= 4 is 0 Å². The average Bonchev–Trinajstić information content (AvgIpc) is 3.73. The van der Waals surface area contributed by atoms with E-state index in [1.807, 2.05) is 6.92 Å². The molecule has 1 aromatic rings. The summed E-state index contributed by atoms with van der Waals surface area (Å²) in [5, 5.41) is 29.8. The molecule has 0 unspecified atom stereocenters. The van der Waals surface area contributed by atoms with Crippen LogP contribution in [0.3, 0.4) is 0 Å². The molecule has 5 saturated carbocycles. The first-order chi connectivity index (χ1) is 25.4. The maximum Gasteiger partial charge on any atom is 0.0696 e. The fraction of sp³-hybridized carbons (Fsp3) is 0.714. The van der Waals surface area contributed by atoms with Gasteiger partial charge in [-0.3, -0.25) is 0 Å². The van der Waals surface area contributed by atoms with Gasteiger partial charge in [0.2, 0.25) is 0 Å². The molecule has 10 rings (SSSR count). The summed E-state index contributed by atoms with van der Waals surface area (Å²) in [5.41, 5.74) is 9.71. The van der Waals surface area contributed by atoms with Crippen LogP contribution in [-0.4, -0.2) is 46.6 Å². The SMILES string of the molecule is C=C(C)[C@H]1CC2=C(C)C=C3C[C@]2(C)[C@@]2(CC[C@H]4Cc5cccc(c5)C[C@@H]5[C@H](CC#C[C@@H]42)[C@@H]3N[C@@]2(C)[C@@H]3[C@H](C[C@@H]4C[C@H](NC[C@H](C)O)[C@@H](O)C[C@@H]43)C[C@@H]52)C1. The van der Waals surface area contributed by atoms with E-state index in [4.69, 9.17) is 0 Å². The second-order valence-corrected chi connectivity index (χ2v) is 20.9. The maximum absolute atomic E-state index is 11.6. The van der Waals surface area contributed by atoms with E-state index < -0.39 is 6.10 Å².